The van der Waals surface area contributed by atoms with E-state index in [2.05, 4.69) is 15.6 Å². The van der Waals surface area contributed by atoms with E-state index in [9.17, 15) is 14.3 Å². The number of aromatic hydroxyl groups is 1. The summed E-state index contributed by atoms with van der Waals surface area (Å²) >= 11 is 0. The van der Waals surface area contributed by atoms with Crippen LogP contribution in [0.3, 0.4) is 0 Å². The molecular formula is C16H16FN3O3. The number of urea groups is 1. The minimum atomic E-state index is -0.571. The maximum Gasteiger partial charge on any atom is 0.319 e. The molecule has 2 aromatic rings. The molecule has 2 heterocycles. The van der Waals surface area contributed by atoms with E-state index >= 15 is 0 Å². The van der Waals surface area contributed by atoms with Crippen LogP contribution in [-0.2, 0) is 24.3 Å². The fourth-order valence-electron chi connectivity index (χ4n) is 2.37. The molecule has 1 aliphatic heterocycles. The first kappa shape index (κ1) is 15.2. The van der Waals surface area contributed by atoms with Crippen molar-refractivity contribution in [3.05, 3.63) is 53.1 Å². The quantitative estimate of drug-likeness (QED) is 0.811. The van der Waals surface area contributed by atoms with Gasteiger partial charge >= 0.3 is 6.03 Å². The first-order valence-corrected chi connectivity index (χ1v) is 7.20. The van der Waals surface area contributed by atoms with Crippen LogP contribution >= 0.6 is 0 Å². The van der Waals surface area contributed by atoms with Crippen molar-refractivity contribution in [2.75, 3.05) is 11.9 Å². The highest BCUT2D eigenvalue weighted by Crippen LogP contribution is 2.20. The number of halogens is 1. The number of hydrogen-bond acceptors (Lipinski definition) is 4. The molecule has 0 saturated heterocycles. The molecule has 0 saturated carbocycles. The van der Waals surface area contributed by atoms with Gasteiger partial charge in [-0.05, 0) is 18.2 Å². The number of nitrogens with zero attached hydrogens (tertiary/aromatic N) is 1. The molecule has 0 unspecified atom stereocenters. The van der Waals surface area contributed by atoms with Crippen LogP contribution in [0.25, 0.3) is 0 Å². The fourth-order valence-corrected chi connectivity index (χ4v) is 2.37. The maximum absolute atomic E-state index is 13.6. The second-order valence-electron chi connectivity index (χ2n) is 5.18. The Morgan fingerprint density at radius 1 is 1.43 bits per heavy atom. The lowest BCUT2D eigenvalue weighted by molar-refractivity contribution is 0.109. The molecule has 23 heavy (non-hydrogen) atoms. The Balaban J connectivity index is 1.61. The monoisotopic (exact) mass is 317 g/mol. The Labute approximate surface area is 132 Å². The number of pyridine rings is 1. The molecule has 0 spiro atoms. The van der Waals surface area contributed by atoms with Gasteiger partial charge in [0.25, 0.3) is 0 Å². The van der Waals surface area contributed by atoms with E-state index in [4.69, 9.17) is 4.74 Å². The highest BCUT2D eigenvalue weighted by atomic mass is 19.1. The van der Waals surface area contributed by atoms with Crippen molar-refractivity contribution in [2.45, 2.75) is 19.6 Å². The molecule has 7 heteroatoms. The number of hydrogen-bond donors (Lipinski definition) is 3. The van der Waals surface area contributed by atoms with Gasteiger partial charge in [0, 0.05) is 23.2 Å². The van der Waals surface area contributed by atoms with Crippen molar-refractivity contribution < 1.29 is 19.0 Å². The lowest BCUT2D eigenvalue weighted by atomic mass is 10.1. The van der Waals surface area contributed by atoms with Crippen LogP contribution in [-0.4, -0.2) is 22.7 Å². The number of phenolic OH excluding ortho intramolecular Hbond substituents is 1. The molecule has 120 valence electrons. The summed E-state index contributed by atoms with van der Waals surface area (Å²) in [4.78, 5) is 16.2. The summed E-state index contributed by atoms with van der Waals surface area (Å²) in [6, 6.07) is 5.29. The van der Waals surface area contributed by atoms with Gasteiger partial charge in [-0.3, -0.25) is 4.98 Å². The van der Waals surface area contributed by atoms with Gasteiger partial charge < -0.3 is 20.5 Å². The summed E-state index contributed by atoms with van der Waals surface area (Å²) in [5, 5.41) is 14.7. The topological polar surface area (TPSA) is 83.5 Å². The first-order valence-electron chi connectivity index (χ1n) is 7.20. The zero-order valence-electron chi connectivity index (χ0n) is 12.3. The number of benzene rings is 1. The average molecular weight is 317 g/mol. The molecule has 1 aliphatic rings. The predicted octanol–water partition coefficient (Wildman–Crippen LogP) is 2.32. The van der Waals surface area contributed by atoms with Crippen LogP contribution < -0.4 is 10.6 Å². The average Bonchev–Trinajstić information content (AvgIpc) is 2.54. The maximum atomic E-state index is 13.6. The lowest BCUT2D eigenvalue weighted by Gasteiger charge is -2.16. The number of anilines is 1. The fraction of sp³-hybridized carbons (Fsp3) is 0.250. The zero-order valence-corrected chi connectivity index (χ0v) is 12.3. The van der Waals surface area contributed by atoms with Crippen LogP contribution in [0.15, 0.2) is 30.5 Å². The molecule has 0 bridgehead atoms. The molecule has 0 atom stereocenters. The Morgan fingerprint density at radius 3 is 3.13 bits per heavy atom. The van der Waals surface area contributed by atoms with Crippen molar-refractivity contribution in [2.24, 2.45) is 0 Å². The number of amides is 2. The number of aromatic nitrogens is 1. The SMILES string of the molecule is O=C(NCc1c(O)cccc1F)Nc1cnc2c(c1)COCC2. The van der Waals surface area contributed by atoms with E-state index in [-0.39, 0.29) is 17.9 Å². The summed E-state index contributed by atoms with van der Waals surface area (Å²) in [6.45, 7) is 1.01. The van der Waals surface area contributed by atoms with Crippen LogP contribution in [0.5, 0.6) is 5.75 Å². The Bertz CT molecular complexity index is 716. The van der Waals surface area contributed by atoms with Gasteiger partial charge in [0.05, 0.1) is 31.6 Å². The molecule has 0 fully saturated rings. The molecule has 2 amide bonds. The highest BCUT2D eigenvalue weighted by molar-refractivity contribution is 5.89. The molecule has 1 aromatic heterocycles. The Kier molecular flexibility index (Phi) is 4.38. The van der Waals surface area contributed by atoms with E-state index in [0.717, 1.165) is 17.7 Å². The second-order valence-corrected chi connectivity index (χ2v) is 5.18. The molecule has 6 nitrogen and oxygen atoms in total. The van der Waals surface area contributed by atoms with Gasteiger partial charge in [0.15, 0.2) is 0 Å². The Hall–Kier alpha value is -2.67. The number of phenols is 1. The third-order valence-corrected chi connectivity index (χ3v) is 3.58. The largest absolute Gasteiger partial charge is 0.507 e. The van der Waals surface area contributed by atoms with Crippen molar-refractivity contribution in [3.8, 4) is 5.75 Å². The van der Waals surface area contributed by atoms with Crippen LogP contribution in [0.1, 0.15) is 16.8 Å². The van der Waals surface area contributed by atoms with E-state index in [1.165, 1.54) is 18.2 Å². The normalized spacial score (nSPS) is 13.3. The molecule has 0 radical (unpaired) electrons. The van der Waals surface area contributed by atoms with Gasteiger partial charge in [-0.25, -0.2) is 9.18 Å². The van der Waals surface area contributed by atoms with Crippen LogP contribution in [0.2, 0.25) is 0 Å². The zero-order chi connectivity index (χ0) is 16.2. The van der Waals surface area contributed by atoms with E-state index < -0.39 is 11.8 Å². The van der Waals surface area contributed by atoms with Gasteiger partial charge in [0.1, 0.15) is 11.6 Å². The summed E-state index contributed by atoms with van der Waals surface area (Å²) in [5.74, 6) is -0.768. The minimum absolute atomic E-state index is 0.0413. The lowest BCUT2D eigenvalue weighted by Crippen LogP contribution is -2.28. The summed E-state index contributed by atoms with van der Waals surface area (Å²) < 4.78 is 18.9. The van der Waals surface area contributed by atoms with Crippen LogP contribution in [0, 0.1) is 5.82 Å². The number of rotatable bonds is 3. The van der Waals surface area contributed by atoms with Gasteiger partial charge in [-0.1, -0.05) is 6.07 Å². The first-order chi connectivity index (χ1) is 11.1. The number of carbonyl (C=O) groups is 1. The van der Waals surface area contributed by atoms with Gasteiger partial charge in [-0.15, -0.1) is 0 Å². The van der Waals surface area contributed by atoms with Crippen molar-refractivity contribution >= 4 is 11.7 Å². The number of carbonyl (C=O) groups excluding carboxylic acids is 1. The molecule has 1 aromatic carbocycles. The number of fused-ring (bicyclic) bond motifs is 1. The second kappa shape index (κ2) is 6.62. The molecule has 3 rings (SSSR count). The smallest absolute Gasteiger partial charge is 0.319 e. The summed E-state index contributed by atoms with van der Waals surface area (Å²) in [5.41, 5.74) is 2.49. The van der Waals surface area contributed by atoms with Crippen molar-refractivity contribution in [1.29, 1.82) is 0 Å². The highest BCUT2D eigenvalue weighted by Gasteiger charge is 2.13. The van der Waals surface area contributed by atoms with E-state index in [1.54, 1.807) is 6.20 Å². The standard InChI is InChI=1S/C16H16FN3O3/c17-13-2-1-3-15(21)12(13)8-19-16(22)20-11-6-10-9-23-5-4-14(10)18-7-11/h1-3,6-7,21H,4-5,8-9H2,(H2,19,20,22). The summed E-state index contributed by atoms with van der Waals surface area (Å²) in [7, 11) is 0. The van der Waals surface area contributed by atoms with Crippen LogP contribution in [0.4, 0.5) is 14.9 Å². The summed E-state index contributed by atoms with van der Waals surface area (Å²) in [6.07, 6.45) is 2.33. The third-order valence-electron chi connectivity index (χ3n) is 3.58. The van der Waals surface area contributed by atoms with Crippen molar-refractivity contribution in [1.82, 2.24) is 10.3 Å². The van der Waals surface area contributed by atoms with E-state index in [1.807, 2.05) is 6.07 Å². The van der Waals surface area contributed by atoms with Gasteiger partial charge in [0.2, 0.25) is 0 Å². The van der Waals surface area contributed by atoms with Crippen molar-refractivity contribution in [3.63, 3.8) is 0 Å². The molecule has 0 aliphatic carbocycles. The predicted molar refractivity (Wildman–Crippen MR) is 81.5 cm³/mol. The molecular weight excluding hydrogens is 301 g/mol. The van der Waals surface area contributed by atoms with E-state index in [0.29, 0.717) is 18.9 Å². The number of nitrogens with one attached hydrogen (secondary N) is 2. The Morgan fingerprint density at radius 2 is 2.30 bits per heavy atom. The third kappa shape index (κ3) is 3.57. The van der Waals surface area contributed by atoms with Gasteiger partial charge in [-0.2, -0.15) is 0 Å². The number of ether oxygens (including phenoxy) is 1. The minimum Gasteiger partial charge on any atom is -0.507 e. The molecule has 3 N–H and O–H groups in total.